The Balaban J connectivity index is 1.22. The van der Waals surface area contributed by atoms with Crippen LogP contribution in [0.5, 0.6) is 5.75 Å². The quantitative estimate of drug-likeness (QED) is 0.254. The number of nitrogens with zero attached hydrogens (tertiary/aromatic N) is 9. The van der Waals surface area contributed by atoms with Gasteiger partial charge in [-0.05, 0) is 68.9 Å². The Labute approximate surface area is 311 Å². The molecular formula is C36H38F4N10O5. The summed E-state index contributed by atoms with van der Waals surface area (Å²) in [6.07, 6.45) is -0.702. The molecule has 0 bridgehead atoms. The Hall–Kier alpha value is -5.88. The third-order valence-corrected chi connectivity index (χ3v) is 10.2. The van der Waals surface area contributed by atoms with Gasteiger partial charge in [-0.2, -0.15) is 22.7 Å². The molecule has 3 aromatic heterocycles. The molecule has 2 aliphatic heterocycles. The Morgan fingerprint density at radius 1 is 1.02 bits per heavy atom. The maximum absolute atomic E-state index is 14.5. The van der Waals surface area contributed by atoms with Crippen molar-refractivity contribution in [2.45, 2.75) is 64.8 Å². The van der Waals surface area contributed by atoms with Gasteiger partial charge in [0.1, 0.15) is 18.6 Å². The predicted molar refractivity (Wildman–Crippen MR) is 190 cm³/mol. The van der Waals surface area contributed by atoms with Crippen LogP contribution in [0.3, 0.4) is 0 Å². The number of piperazine rings is 1. The topological polar surface area (TPSA) is 171 Å². The van der Waals surface area contributed by atoms with Crippen LogP contribution < -0.4 is 15.8 Å². The lowest BCUT2D eigenvalue weighted by Gasteiger charge is -2.36. The van der Waals surface area contributed by atoms with E-state index in [1.54, 1.807) is 29.4 Å². The van der Waals surface area contributed by atoms with Gasteiger partial charge >= 0.3 is 6.18 Å². The normalized spacial score (nSPS) is 17.0. The SMILES string of the molecule is CCc1c(N2CCN(C(=O)c3ncnc(C)c3O)CC2)c(=O)n2nc(C3=CCN(C(=O)C4(F)CC4)CC3)nc2n1CC(=O)Nc1ccc(C(F)(F)F)cc1C. The van der Waals surface area contributed by atoms with Crippen molar-refractivity contribution in [3.05, 3.63) is 75.0 Å². The van der Waals surface area contributed by atoms with E-state index >= 15 is 0 Å². The van der Waals surface area contributed by atoms with Gasteiger partial charge in [-0.3, -0.25) is 19.2 Å². The summed E-state index contributed by atoms with van der Waals surface area (Å²) in [7, 11) is 0. The van der Waals surface area contributed by atoms with E-state index in [-0.39, 0.29) is 111 Å². The van der Waals surface area contributed by atoms with Crippen LogP contribution in [0.15, 0.2) is 35.4 Å². The number of halogens is 4. The molecule has 1 saturated carbocycles. The summed E-state index contributed by atoms with van der Waals surface area (Å²) in [4.78, 5) is 71.1. The fourth-order valence-electron chi connectivity index (χ4n) is 6.95. The zero-order valence-corrected chi connectivity index (χ0v) is 30.3. The van der Waals surface area contributed by atoms with Crippen LogP contribution in [-0.2, 0) is 28.7 Å². The molecule has 0 radical (unpaired) electrons. The van der Waals surface area contributed by atoms with Gasteiger partial charge < -0.3 is 29.7 Å². The molecule has 15 nitrogen and oxygen atoms in total. The molecule has 1 aliphatic carbocycles. The molecule has 1 saturated heterocycles. The largest absolute Gasteiger partial charge is 0.504 e. The van der Waals surface area contributed by atoms with E-state index in [4.69, 9.17) is 0 Å². The molecule has 0 spiro atoms. The molecule has 0 atom stereocenters. The third kappa shape index (κ3) is 7.09. The highest BCUT2D eigenvalue weighted by atomic mass is 19.4. The van der Waals surface area contributed by atoms with E-state index < -0.39 is 40.7 Å². The number of anilines is 2. The van der Waals surface area contributed by atoms with Crippen LogP contribution in [0.4, 0.5) is 28.9 Å². The van der Waals surface area contributed by atoms with Crippen LogP contribution in [-0.4, -0.2) is 107 Å². The lowest BCUT2D eigenvalue weighted by atomic mass is 10.1. The lowest BCUT2D eigenvalue weighted by molar-refractivity contribution is -0.138. The van der Waals surface area contributed by atoms with Gasteiger partial charge in [0.2, 0.25) is 11.7 Å². The minimum Gasteiger partial charge on any atom is -0.504 e. The summed E-state index contributed by atoms with van der Waals surface area (Å²) in [5, 5.41) is 17.6. The zero-order valence-electron chi connectivity index (χ0n) is 30.3. The molecule has 2 N–H and O–H groups in total. The van der Waals surface area contributed by atoms with E-state index in [1.807, 2.05) is 0 Å². The average molecular weight is 767 g/mol. The van der Waals surface area contributed by atoms with Crippen LogP contribution in [0.2, 0.25) is 0 Å². The van der Waals surface area contributed by atoms with E-state index in [9.17, 15) is 41.8 Å². The summed E-state index contributed by atoms with van der Waals surface area (Å²) in [5.74, 6) is -1.73. The second kappa shape index (κ2) is 14.1. The maximum Gasteiger partial charge on any atom is 0.416 e. The van der Waals surface area contributed by atoms with E-state index in [1.165, 1.54) is 29.1 Å². The summed E-state index contributed by atoms with van der Waals surface area (Å²) in [6.45, 7) is 5.52. The number of carbonyl (C=O) groups excluding carboxylic acids is 3. The van der Waals surface area contributed by atoms with Crippen molar-refractivity contribution < 1.29 is 37.1 Å². The molecule has 19 heteroatoms. The van der Waals surface area contributed by atoms with Crippen LogP contribution in [0.1, 0.15) is 65.0 Å². The van der Waals surface area contributed by atoms with Crippen molar-refractivity contribution >= 4 is 40.4 Å². The van der Waals surface area contributed by atoms with Gasteiger partial charge in [-0.25, -0.2) is 14.4 Å². The minimum absolute atomic E-state index is 0.0448. The zero-order chi connectivity index (χ0) is 39.4. The highest BCUT2D eigenvalue weighted by molar-refractivity contribution is 5.95. The third-order valence-electron chi connectivity index (χ3n) is 10.2. The monoisotopic (exact) mass is 766 g/mol. The predicted octanol–water partition coefficient (Wildman–Crippen LogP) is 3.30. The molecule has 7 rings (SSSR count). The molecule has 290 valence electrons. The maximum atomic E-state index is 14.5. The number of aryl methyl sites for hydroxylation is 2. The standard InChI is InChI=1S/C36H38F4N10O5/c1-4-25-28(46-13-15-47(16-14-46)31(53)27-29(52)21(3)41-19-42-27)32(54)50-34(44-30(45-50)22-7-11-48(12-8-22)33(55)35(37)9-10-35)49(25)18-26(51)43-24-6-5-23(17-20(24)2)36(38,39)40/h5-7,17,19,52H,4,8-16,18H2,1-3H3,(H,43,51). The first-order chi connectivity index (χ1) is 26.1. The van der Waals surface area contributed by atoms with Crippen molar-refractivity contribution in [3.8, 4) is 5.75 Å². The molecule has 3 amide bonds. The van der Waals surface area contributed by atoms with Crippen LogP contribution >= 0.6 is 0 Å². The minimum atomic E-state index is -4.56. The van der Waals surface area contributed by atoms with Crippen molar-refractivity contribution in [3.63, 3.8) is 0 Å². The number of rotatable bonds is 8. The van der Waals surface area contributed by atoms with Gasteiger partial charge in [-0.15, -0.1) is 5.10 Å². The molecule has 1 aromatic carbocycles. The number of amides is 3. The number of hydrogen-bond donors (Lipinski definition) is 2. The number of benzene rings is 1. The number of nitrogens with one attached hydrogen (secondary N) is 1. The first kappa shape index (κ1) is 37.4. The summed E-state index contributed by atoms with van der Waals surface area (Å²) < 4.78 is 57.1. The van der Waals surface area contributed by atoms with Crippen LogP contribution in [0, 0.1) is 13.8 Å². The molecular weight excluding hydrogens is 728 g/mol. The highest BCUT2D eigenvalue weighted by Gasteiger charge is 2.52. The van der Waals surface area contributed by atoms with Crippen molar-refractivity contribution in [2.75, 3.05) is 49.5 Å². The fraction of sp³-hybridized carbons (Fsp3) is 0.444. The van der Waals surface area contributed by atoms with E-state index in [0.29, 0.717) is 17.7 Å². The Morgan fingerprint density at radius 3 is 2.36 bits per heavy atom. The summed E-state index contributed by atoms with van der Waals surface area (Å²) in [5.41, 5.74) is -1.40. The summed E-state index contributed by atoms with van der Waals surface area (Å²) >= 11 is 0. The Morgan fingerprint density at radius 2 is 1.75 bits per heavy atom. The van der Waals surface area contributed by atoms with Gasteiger partial charge in [0.05, 0.1) is 17.0 Å². The number of aromatic hydroxyl groups is 1. The smallest absolute Gasteiger partial charge is 0.416 e. The van der Waals surface area contributed by atoms with Crippen molar-refractivity contribution in [1.29, 1.82) is 0 Å². The molecule has 4 aromatic rings. The van der Waals surface area contributed by atoms with Gasteiger partial charge in [0.15, 0.2) is 22.9 Å². The summed E-state index contributed by atoms with van der Waals surface area (Å²) in [6, 6.07) is 3.00. The number of hydrogen-bond acceptors (Lipinski definition) is 10. The number of fused-ring (bicyclic) bond motifs is 1. The molecule has 55 heavy (non-hydrogen) atoms. The number of alkyl halides is 4. The van der Waals surface area contributed by atoms with Crippen molar-refractivity contribution in [2.24, 2.45) is 0 Å². The van der Waals surface area contributed by atoms with Gasteiger partial charge in [-0.1, -0.05) is 13.0 Å². The fourth-order valence-corrected chi connectivity index (χ4v) is 6.95. The number of carbonyl (C=O) groups is 3. The highest BCUT2D eigenvalue weighted by Crippen LogP contribution is 2.42. The lowest BCUT2D eigenvalue weighted by Crippen LogP contribution is -2.51. The van der Waals surface area contributed by atoms with Gasteiger partial charge in [0.25, 0.3) is 17.4 Å². The van der Waals surface area contributed by atoms with Gasteiger partial charge in [0, 0.05) is 45.0 Å². The average Bonchev–Trinajstić information content (AvgIpc) is 3.75. The second-order valence-electron chi connectivity index (χ2n) is 13.9. The molecule has 2 fully saturated rings. The first-order valence-electron chi connectivity index (χ1n) is 17.8. The molecule has 0 unspecified atom stereocenters. The molecule has 3 aliphatic rings. The number of aromatic nitrogens is 6. The Bertz CT molecular complexity index is 2310. The molecule has 5 heterocycles. The van der Waals surface area contributed by atoms with E-state index in [0.717, 1.165) is 16.6 Å². The first-order valence-corrected chi connectivity index (χ1v) is 17.8. The van der Waals surface area contributed by atoms with E-state index in [2.05, 4.69) is 25.4 Å². The van der Waals surface area contributed by atoms with Crippen LogP contribution in [0.25, 0.3) is 11.4 Å². The Kier molecular flexibility index (Phi) is 9.58. The van der Waals surface area contributed by atoms with Crippen molar-refractivity contribution in [1.82, 2.24) is 38.9 Å². The second-order valence-corrected chi connectivity index (χ2v) is 13.9.